The first-order valence-corrected chi connectivity index (χ1v) is 6.39. The minimum Gasteiger partial charge on any atom is -0.442 e. The first kappa shape index (κ1) is 18.8. The predicted octanol–water partition coefficient (Wildman–Crippen LogP) is 0.935. The van der Waals surface area contributed by atoms with Crippen molar-refractivity contribution in [2.24, 2.45) is 0 Å². The maximum absolute atomic E-state index is 4.81. The van der Waals surface area contributed by atoms with E-state index in [1.807, 2.05) is 0 Å². The maximum Gasteiger partial charge on any atom is 1.00 e. The second-order valence-electron chi connectivity index (χ2n) is 7.99. The molecule has 2 nitrogen and oxygen atoms in total. The van der Waals surface area contributed by atoms with Crippen LogP contribution in [0.5, 0.6) is 0 Å². The van der Waals surface area contributed by atoms with Gasteiger partial charge in [-0.1, -0.05) is 79.5 Å². The van der Waals surface area contributed by atoms with E-state index in [1.165, 1.54) is 0 Å². The molecule has 1 heterocycles. The van der Waals surface area contributed by atoms with Crippen molar-refractivity contribution in [2.75, 3.05) is 0 Å². The van der Waals surface area contributed by atoms with Crippen LogP contribution in [-0.2, 0) is 16.2 Å². The third kappa shape index (κ3) is 4.45. The van der Waals surface area contributed by atoms with Crippen LogP contribution >= 0.6 is 0 Å². The fourth-order valence-electron chi connectivity index (χ4n) is 1.72. The summed E-state index contributed by atoms with van der Waals surface area (Å²) in [5.74, 6) is 0.965. The van der Waals surface area contributed by atoms with Gasteiger partial charge in [0.05, 0.1) is 0 Å². The minimum atomic E-state index is 0. The Morgan fingerprint density at radius 3 is 1.39 bits per heavy atom. The largest absolute Gasteiger partial charge is 1.00 e. The zero-order chi connectivity index (χ0) is 13.6. The molecule has 3 heteroatoms. The molecule has 0 aliphatic rings. The summed E-state index contributed by atoms with van der Waals surface area (Å²) in [6, 6.07) is 0. The summed E-state index contributed by atoms with van der Waals surface area (Å²) < 4.78 is 0. The Kier molecular flexibility index (Phi) is 5.95. The normalized spacial score (nSPS) is 13.4. The van der Waals surface area contributed by atoms with E-state index in [1.54, 1.807) is 0 Å². The molecule has 1 aromatic heterocycles. The number of aromatic nitrogens is 2. The van der Waals surface area contributed by atoms with Crippen molar-refractivity contribution in [1.82, 2.24) is 9.97 Å². The van der Waals surface area contributed by atoms with Crippen LogP contribution in [0.4, 0.5) is 0 Å². The van der Waals surface area contributed by atoms with Gasteiger partial charge in [-0.3, -0.25) is 0 Å². The quantitative estimate of drug-likeness (QED) is 0.658. The second-order valence-corrected chi connectivity index (χ2v) is 7.99. The molecule has 0 aliphatic carbocycles. The zero-order valence-corrected chi connectivity index (χ0v) is 17.0. The summed E-state index contributed by atoms with van der Waals surface area (Å²) in [5, 5.41) is 0. The average Bonchev–Trinajstić information content (AvgIpc) is 2.42. The number of rotatable bonds is 0. The second kappa shape index (κ2) is 5.69. The molecular formula is C15H27KN2. The van der Waals surface area contributed by atoms with E-state index in [2.05, 4.69) is 62.3 Å². The summed E-state index contributed by atoms with van der Waals surface area (Å²) >= 11 is 0. The van der Waals surface area contributed by atoms with E-state index < -0.39 is 0 Å². The van der Waals surface area contributed by atoms with Crippen molar-refractivity contribution in [3.8, 4) is 0 Å². The van der Waals surface area contributed by atoms with Crippen molar-refractivity contribution in [2.45, 2.75) is 78.6 Å². The molecule has 18 heavy (non-hydrogen) atoms. The molecule has 98 valence electrons. The van der Waals surface area contributed by atoms with Crippen LogP contribution in [0, 0.1) is 0 Å². The molecule has 0 spiro atoms. The molecule has 0 aromatic carbocycles. The van der Waals surface area contributed by atoms with Crippen LogP contribution in [0.2, 0.25) is 0 Å². The Bertz CT molecular complexity index is 366. The molecule has 0 bridgehead atoms. The summed E-state index contributed by atoms with van der Waals surface area (Å²) in [7, 11) is 0. The Hall–Kier alpha value is 0.846. The molecule has 0 unspecified atom stereocenters. The van der Waals surface area contributed by atoms with Gasteiger partial charge < -0.3 is 9.97 Å². The third-order valence-corrected chi connectivity index (χ3v) is 2.75. The fourth-order valence-corrected chi connectivity index (χ4v) is 1.72. The van der Waals surface area contributed by atoms with Gasteiger partial charge in [0.25, 0.3) is 0 Å². The number of hydrogen-bond acceptors (Lipinski definition) is 1. The SMILES string of the molecule is CC(C)(C)c1nc(C(C)(C)C)c(C(C)(C)C)[n-]1.[K+]. The third-order valence-electron chi connectivity index (χ3n) is 2.75. The topological polar surface area (TPSA) is 27.0 Å². The Labute approximate surface area is 155 Å². The molecule has 0 saturated carbocycles. The monoisotopic (exact) mass is 274 g/mol. The Morgan fingerprint density at radius 2 is 1.17 bits per heavy atom. The number of nitrogens with zero attached hydrogens (tertiary/aromatic N) is 2. The van der Waals surface area contributed by atoms with Crippen LogP contribution < -0.4 is 56.4 Å². The van der Waals surface area contributed by atoms with E-state index in [0.717, 1.165) is 17.2 Å². The molecule has 0 saturated heterocycles. The number of imidazole rings is 1. The summed E-state index contributed by atoms with van der Waals surface area (Å²) in [5.41, 5.74) is 2.42. The summed E-state index contributed by atoms with van der Waals surface area (Å²) in [4.78, 5) is 9.62. The molecule has 0 amide bonds. The van der Waals surface area contributed by atoms with Gasteiger partial charge in [0.2, 0.25) is 0 Å². The van der Waals surface area contributed by atoms with Gasteiger partial charge in [-0.05, 0) is 16.2 Å². The molecule has 0 atom stereocenters. The Morgan fingerprint density at radius 1 is 0.722 bits per heavy atom. The van der Waals surface area contributed by atoms with E-state index in [9.17, 15) is 0 Å². The molecular weight excluding hydrogens is 247 g/mol. The summed E-state index contributed by atoms with van der Waals surface area (Å²) in [6.07, 6.45) is 0. The van der Waals surface area contributed by atoms with Crippen molar-refractivity contribution in [3.63, 3.8) is 0 Å². The van der Waals surface area contributed by atoms with Gasteiger partial charge >= 0.3 is 51.4 Å². The van der Waals surface area contributed by atoms with Crippen molar-refractivity contribution >= 4 is 0 Å². The van der Waals surface area contributed by atoms with E-state index in [4.69, 9.17) is 9.97 Å². The van der Waals surface area contributed by atoms with Gasteiger partial charge in [-0.25, -0.2) is 0 Å². The smallest absolute Gasteiger partial charge is 0.442 e. The van der Waals surface area contributed by atoms with Crippen LogP contribution in [0.3, 0.4) is 0 Å². The minimum absolute atomic E-state index is 0. The van der Waals surface area contributed by atoms with Gasteiger partial charge in [0.1, 0.15) is 0 Å². The van der Waals surface area contributed by atoms with Crippen molar-refractivity contribution in [3.05, 3.63) is 17.2 Å². The molecule has 1 aromatic rings. The maximum atomic E-state index is 4.81. The van der Waals surface area contributed by atoms with Crippen molar-refractivity contribution in [1.29, 1.82) is 0 Å². The first-order valence-electron chi connectivity index (χ1n) is 6.39. The van der Waals surface area contributed by atoms with Gasteiger partial charge in [-0.2, -0.15) is 0 Å². The van der Waals surface area contributed by atoms with Crippen LogP contribution in [0.1, 0.15) is 79.5 Å². The van der Waals surface area contributed by atoms with Crippen LogP contribution in [0.15, 0.2) is 0 Å². The Balaban J connectivity index is 0.00000289. The molecule has 1 rings (SSSR count). The van der Waals surface area contributed by atoms with Gasteiger partial charge in [-0.15, -0.1) is 0 Å². The fraction of sp³-hybridized carbons (Fsp3) is 0.800. The predicted molar refractivity (Wildman–Crippen MR) is 73.7 cm³/mol. The molecule has 0 aliphatic heterocycles. The average molecular weight is 274 g/mol. The first-order chi connectivity index (χ1) is 7.33. The van der Waals surface area contributed by atoms with E-state index in [-0.39, 0.29) is 67.6 Å². The standard InChI is InChI=1S/C15H27N2.K/c1-13(2,3)10-11(14(4,5)6)17-12(16-10)15(7,8)9;/h1-9H3;/q-1;+1. The van der Waals surface area contributed by atoms with Crippen LogP contribution in [0.25, 0.3) is 0 Å². The zero-order valence-electron chi connectivity index (χ0n) is 13.9. The van der Waals surface area contributed by atoms with E-state index >= 15 is 0 Å². The molecule has 0 N–H and O–H groups in total. The number of hydrogen-bond donors (Lipinski definition) is 0. The van der Waals surface area contributed by atoms with Gasteiger partial charge in [0.15, 0.2) is 0 Å². The van der Waals surface area contributed by atoms with E-state index in [0.29, 0.717) is 0 Å². The summed E-state index contributed by atoms with van der Waals surface area (Å²) in [6.45, 7) is 19.7. The van der Waals surface area contributed by atoms with Crippen LogP contribution in [-0.4, -0.2) is 4.98 Å². The molecule has 0 fully saturated rings. The van der Waals surface area contributed by atoms with Crippen molar-refractivity contribution < 1.29 is 51.4 Å². The van der Waals surface area contributed by atoms with Gasteiger partial charge in [0, 0.05) is 0 Å². The molecule has 0 radical (unpaired) electrons.